The number of rotatable bonds is 4. The molecular formula is C6H10F3NO4S. The lowest BCUT2D eigenvalue weighted by Gasteiger charge is -2.09. The van der Waals surface area contributed by atoms with Crippen LogP contribution in [0.25, 0.3) is 0 Å². The van der Waals surface area contributed by atoms with Crippen LogP contribution in [0.1, 0.15) is 13.8 Å². The molecule has 0 saturated heterocycles. The number of halogens is 3. The van der Waals surface area contributed by atoms with Crippen LogP contribution in [-0.4, -0.2) is 26.3 Å². The Labute approximate surface area is 84.6 Å². The van der Waals surface area contributed by atoms with Gasteiger partial charge in [-0.2, -0.15) is 13.2 Å². The number of hydrogen-bond acceptors (Lipinski definition) is 4. The normalized spacial score (nSPS) is 12.9. The third-order valence-corrected chi connectivity index (χ3v) is 2.49. The molecule has 9 heteroatoms. The van der Waals surface area contributed by atoms with E-state index in [1.54, 1.807) is 13.8 Å². The fourth-order valence-electron chi connectivity index (χ4n) is 0.632. The molecule has 0 aliphatic carbocycles. The molecule has 0 aliphatic rings. The standard InChI is InChI=1S/C6H10F3NO4S/c1-4(2)3-15(12,13)10-14-5(11)6(7,8)9/h4,10H,3H2,1-2H3. The van der Waals surface area contributed by atoms with Gasteiger partial charge in [0.1, 0.15) is 0 Å². The molecule has 0 saturated carbocycles. The van der Waals surface area contributed by atoms with Crippen molar-refractivity contribution in [3.05, 3.63) is 0 Å². The van der Waals surface area contributed by atoms with Crippen LogP contribution in [0.4, 0.5) is 13.2 Å². The molecule has 0 rings (SSSR count). The summed E-state index contributed by atoms with van der Waals surface area (Å²) >= 11 is 0. The fourth-order valence-corrected chi connectivity index (χ4v) is 1.78. The second kappa shape index (κ2) is 4.79. The highest BCUT2D eigenvalue weighted by Crippen LogP contribution is 2.15. The van der Waals surface area contributed by atoms with E-state index in [1.165, 1.54) is 0 Å². The maximum atomic E-state index is 11.6. The fraction of sp³-hybridized carbons (Fsp3) is 0.833. The van der Waals surface area contributed by atoms with Crippen LogP contribution in [0.5, 0.6) is 0 Å². The number of carbonyl (C=O) groups excluding carboxylic acids is 1. The van der Waals surface area contributed by atoms with E-state index in [-0.39, 0.29) is 5.92 Å². The van der Waals surface area contributed by atoms with Crippen LogP contribution in [0.2, 0.25) is 0 Å². The van der Waals surface area contributed by atoms with E-state index in [0.717, 1.165) is 4.89 Å². The molecule has 5 nitrogen and oxygen atoms in total. The second-order valence-electron chi connectivity index (χ2n) is 3.15. The van der Waals surface area contributed by atoms with E-state index < -0.39 is 27.9 Å². The number of nitrogens with one attached hydrogen (secondary N) is 1. The Balaban J connectivity index is 4.23. The predicted octanol–water partition coefficient (Wildman–Crippen LogP) is 0.582. The third-order valence-electron chi connectivity index (χ3n) is 1.05. The van der Waals surface area contributed by atoms with Crippen molar-refractivity contribution in [2.45, 2.75) is 20.0 Å². The molecule has 0 atom stereocenters. The molecule has 0 spiro atoms. The number of sulfonamides is 1. The molecule has 0 bridgehead atoms. The van der Waals surface area contributed by atoms with Gasteiger partial charge in [-0.05, 0) is 10.8 Å². The zero-order valence-electron chi connectivity index (χ0n) is 7.96. The van der Waals surface area contributed by atoms with E-state index in [4.69, 9.17) is 0 Å². The van der Waals surface area contributed by atoms with Gasteiger partial charge in [-0.3, -0.25) is 0 Å². The summed E-state index contributed by atoms with van der Waals surface area (Å²) in [7, 11) is -4.03. The maximum Gasteiger partial charge on any atom is 0.492 e. The van der Waals surface area contributed by atoms with Crippen molar-refractivity contribution in [3.8, 4) is 0 Å². The van der Waals surface area contributed by atoms with Crippen LogP contribution in [0.15, 0.2) is 0 Å². The molecule has 1 N–H and O–H groups in total. The van der Waals surface area contributed by atoms with E-state index in [9.17, 15) is 26.4 Å². The van der Waals surface area contributed by atoms with Gasteiger partial charge >= 0.3 is 12.1 Å². The van der Waals surface area contributed by atoms with Gasteiger partial charge in [0.25, 0.3) is 0 Å². The van der Waals surface area contributed by atoms with E-state index in [2.05, 4.69) is 4.84 Å². The van der Waals surface area contributed by atoms with Gasteiger partial charge < -0.3 is 4.84 Å². The van der Waals surface area contributed by atoms with Crippen molar-refractivity contribution in [1.29, 1.82) is 0 Å². The predicted molar refractivity (Wildman–Crippen MR) is 43.9 cm³/mol. The molecule has 0 aromatic carbocycles. The van der Waals surface area contributed by atoms with Gasteiger partial charge in [0, 0.05) is 0 Å². The van der Waals surface area contributed by atoms with E-state index in [0.29, 0.717) is 0 Å². The first-order valence-electron chi connectivity index (χ1n) is 3.82. The lowest BCUT2D eigenvalue weighted by molar-refractivity contribution is -0.203. The van der Waals surface area contributed by atoms with Crippen molar-refractivity contribution >= 4 is 16.0 Å². The van der Waals surface area contributed by atoms with Gasteiger partial charge in [-0.1, -0.05) is 13.8 Å². The van der Waals surface area contributed by atoms with Gasteiger partial charge in [-0.25, -0.2) is 13.2 Å². The minimum atomic E-state index is -5.22. The molecule has 0 amide bonds. The Morgan fingerprint density at radius 1 is 1.40 bits per heavy atom. The Hall–Kier alpha value is -0.830. The first-order valence-corrected chi connectivity index (χ1v) is 5.47. The highest BCUT2D eigenvalue weighted by atomic mass is 32.2. The Kier molecular flexibility index (Phi) is 4.53. The van der Waals surface area contributed by atoms with Crippen molar-refractivity contribution in [2.24, 2.45) is 5.92 Å². The SMILES string of the molecule is CC(C)CS(=O)(=O)NOC(=O)C(F)(F)F. The Bertz CT molecular complexity index is 322. The molecule has 90 valence electrons. The molecule has 0 radical (unpaired) electrons. The van der Waals surface area contributed by atoms with E-state index >= 15 is 0 Å². The second-order valence-corrected chi connectivity index (χ2v) is 4.88. The summed E-state index contributed by atoms with van der Waals surface area (Å²) < 4.78 is 56.6. The highest BCUT2D eigenvalue weighted by Gasteiger charge is 2.42. The molecule has 15 heavy (non-hydrogen) atoms. The van der Waals surface area contributed by atoms with Gasteiger partial charge in [-0.15, -0.1) is 0 Å². The third kappa shape index (κ3) is 6.28. The van der Waals surface area contributed by atoms with Gasteiger partial charge in [0.2, 0.25) is 10.0 Å². The monoisotopic (exact) mass is 249 g/mol. The zero-order chi connectivity index (χ0) is 12.3. The lowest BCUT2D eigenvalue weighted by atomic mass is 10.3. The number of hydrogen-bond donors (Lipinski definition) is 1. The van der Waals surface area contributed by atoms with Crippen LogP contribution in [-0.2, 0) is 19.7 Å². The van der Waals surface area contributed by atoms with E-state index in [1.807, 2.05) is 0 Å². The highest BCUT2D eigenvalue weighted by molar-refractivity contribution is 7.89. The summed E-state index contributed by atoms with van der Waals surface area (Å²) in [5.74, 6) is -3.33. The molecule has 0 aromatic heterocycles. The molecule has 0 unspecified atom stereocenters. The summed E-state index contributed by atoms with van der Waals surface area (Å²) in [5.41, 5.74) is 0. The van der Waals surface area contributed by atoms with Crippen LogP contribution in [0, 0.1) is 5.92 Å². The first-order chi connectivity index (χ1) is 6.54. The van der Waals surface area contributed by atoms with Crippen LogP contribution in [0.3, 0.4) is 0 Å². The van der Waals surface area contributed by atoms with Crippen molar-refractivity contribution in [3.63, 3.8) is 0 Å². The molecule has 0 heterocycles. The number of alkyl halides is 3. The van der Waals surface area contributed by atoms with Crippen molar-refractivity contribution < 1.29 is 31.2 Å². The summed E-state index contributed by atoms with van der Waals surface area (Å²) in [5, 5.41) is 0. The summed E-state index contributed by atoms with van der Waals surface area (Å²) in [6, 6.07) is 0. The summed E-state index contributed by atoms with van der Waals surface area (Å²) in [6.07, 6.45) is -5.22. The largest absolute Gasteiger partial charge is 0.492 e. The quantitative estimate of drug-likeness (QED) is 0.740. The number of carbonyl (C=O) groups is 1. The Morgan fingerprint density at radius 3 is 2.20 bits per heavy atom. The maximum absolute atomic E-state index is 11.6. The minimum absolute atomic E-state index is 0.299. The van der Waals surface area contributed by atoms with Crippen LogP contribution >= 0.6 is 0 Å². The lowest BCUT2D eigenvalue weighted by Crippen LogP contribution is -2.36. The smallest absolute Gasteiger partial charge is 0.348 e. The zero-order valence-corrected chi connectivity index (χ0v) is 8.78. The van der Waals surface area contributed by atoms with Crippen molar-refractivity contribution in [2.75, 3.05) is 5.75 Å². The average molecular weight is 249 g/mol. The summed E-state index contributed by atoms with van der Waals surface area (Å²) in [4.78, 5) is 14.6. The Morgan fingerprint density at radius 2 is 1.87 bits per heavy atom. The molecule has 0 aromatic rings. The molecule has 0 aliphatic heterocycles. The molecular weight excluding hydrogens is 239 g/mol. The minimum Gasteiger partial charge on any atom is -0.348 e. The average Bonchev–Trinajstić information content (AvgIpc) is 1.95. The van der Waals surface area contributed by atoms with Crippen LogP contribution < -0.4 is 4.89 Å². The topological polar surface area (TPSA) is 72.5 Å². The summed E-state index contributed by atoms with van der Waals surface area (Å²) in [6.45, 7) is 3.09. The van der Waals surface area contributed by atoms with Crippen molar-refractivity contribution in [1.82, 2.24) is 4.89 Å². The van der Waals surface area contributed by atoms with Gasteiger partial charge in [0.15, 0.2) is 0 Å². The molecule has 0 fully saturated rings. The first kappa shape index (κ1) is 14.2. The van der Waals surface area contributed by atoms with Gasteiger partial charge in [0.05, 0.1) is 5.75 Å².